The molecule has 0 fully saturated rings. The highest BCUT2D eigenvalue weighted by Gasteiger charge is 2.23. The molecule has 0 radical (unpaired) electrons. The molecule has 1 aromatic heterocycles. The highest BCUT2D eigenvalue weighted by atomic mass is 35.5. The Labute approximate surface area is 314 Å². The van der Waals surface area contributed by atoms with Gasteiger partial charge in [0.05, 0.1) is 27.6 Å². The predicted molar refractivity (Wildman–Crippen MR) is 194 cm³/mol. The van der Waals surface area contributed by atoms with Crippen molar-refractivity contribution in [2.24, 2.45) is 20.5 Å². The van der Waals surface area contributed by atoms with E-state index in [4.69, 9.17) is 17.3 Å². The summed E-state index contributed by atoms with van der Waals surface area (Å²) in [6, 6.07) is 14.6. The highest BCUT2D eigenvalue weighted by Crippen LogP contribution is 2.42. The van der Waals surface area contributed by atoms with E-state index in [0.717, 1.165) is 18.2 Å². The Kier molecular flexibility index (Phi) is 10.1. The van der Waals surface area contributed by atoms with Crippen LogP contribution >= 0.6 is 11.6 Å². The van der Waals surface area contributed by atoms with Gasteiger partial charge in [0.25, 0.3) is 40.5 Å². The molecule has 0 aliphatic heterocycles. The van der Waals surface area contributed by atoms with Crippen LogP contribution in [0.15, 0.2) is 119 Å². The molecule has 7 N–H and O–H groups in total. The van der Waals surface area contributed by atoms with Gasteiger partial charge in [-0.15, -0.1) is 20.5 Å². The zero-order valence-electron chi connectivity index (χ0n) is 26.8. The number of rotatable bonds is 10. The third kappa shape index (κ3) is 8.38. The lowest BCUT2D eigenvalue weighted by Gasteiger charge is -2.13. The van der Waals surface area contributed by atoms with E-state index >= 15 is 0 Å². The van der Waals surface area contributed by atoms with E-state index in [-0.39, 0.29) is 61.5 Å². The topological polar surface area (TPSA) is 344 Å². The maximum Gasteiger partial charge on any atom is 0.296 e. The number of nitrogens with two attached hydrogens (primary N) is 1. The van der Waals surface area contributed by atoms with Crippen LogP contribution in [0.2, 0.25) is 5.28 Å². The lowest BCUT2D eigenvalue weighted by Crippen LogP contribution is -2.05. The number of hydrogen-bond acceptors (Lipinski definition) is 17. The van der Waals surface area contributed by atoms with Crippen LogP contribution in [0.4, 0.5) is 40.3 Å². The van der Waals surface area contributed by atoms with E-state index < -0.39 is 65.7 Å². The number of nitrogens with zero attached hydrogens (tertiary/aromatic N) is 7. The van der Waals surface area contributed by atoms with Crippen LogP contribution in [0.25, 0.3) is 21.5 Å². The maximum absolute atomic E-state index is 12.5. The van der Waals surface area contributed by atoms with Gasteiger partial charge in [-0.05, 0) is 66.2 Å². The summed E-state index contributed by atoms with van der Waals surface area (Å²) in [6.45, 7) is 0. The first kappa shape index (κ1) is 39.1. The van der Waals surface area contributed by atoms with E-state index in [1.54, 1.807) is 0 Å². The van der Waals surface area contributed by atoms with Gasteiger partial charge >= 0.3 is 0 Å². The maximum atomic E-state index is 12.5. The molecular formula is C29H20ClN9O12S4. The van der Waals surface area contributed by atoms with Gasteiger partial charge in [-0.2, -0.15) is 48.6 Å². The van der Waals surface area contributed by atoms with Crippen molar-refractivity contribution in [2.45, 2.75) is 19.6 Å². The molecule has 284 valence electrons. The van der Waals surface area contributed by atoms with Gasteiger partial charge in [0.1, 0.15) is 20.4 Å². The summed E-state index contributed by atoms with van der Waals surface area (Å²) in [5.41, 5.74) is 4.57. The molecule has 6 rings (SSSR count). The van der Waals surface area contributed by atoms with Crippen LogP contribution in [0.3, 0.4) is 0 Å². The molecule has 0 saturated carbocycles. The minimum absolute atomic E-state index is 0.0254. The number of anilines is 3. The fraction of sp³-hybridized carbons (Fsp3) is 0. The van der Waals surface area contributed by atoms with Crippen molar-refractivity contribution in [3.8, 4) is 0 Å². The first-order valence-electron chi connectivity index (χ1n) is 14.5. The lowest BCUT2D eigenvalue weighted by atomic mass is 10.1. The molecule has 0 atom stereocenters. The van der Waals surface area contributed by atoms with Gasteiger partial charge in [0, 0.05) is 21.5 Å². The quantitative estimate of drug-likeness (QED) is 0.0682. The van der Waals surface area contributed by atoms with E-state index in [9.17, 15) is 51.9 Å². The Balaban J connectivity index is 1.52. The third-order valence-electron chi connectivity index (χ3n) is 7.40. The van der Waals surface area contributed by atoms with Crippen molar-refractivity contribution < 1.29 is 51.9 Å². The zero-order valence-corrected chi connectivity index (χ0v) is 30.8. The first-order valence-corrected chi connectivity index (χ1v) is 20.7. The molecule has 26 heteroatoms. The molecule has 1 heterocycles. The summed E-state index contributed by atoms with van der Waals surface area (Å²) >= 11 is 5.87. The van der Waals surface area contributed by atoms with Gasteiger partial charge in [-0.3, -0.25) is 18.2 Å². The molecule has 6 aromatic rings. The van der Waals surface area contributed by atoms with Crippen molar-refractivity contribution in [1.29, 1.82) is 0 Å². The molecule has 21 nitrogen and oxygen atoms in total. The number of nitrogens with one attached hydrogen (secondary N) is 1. The average molecular weight is 850 g/mol. The molecule has 55 heavy (non-hydrogen) atoms. The second-order valence-corrected chi connectivity index (χ2v) is 16.9. The molecule has 0 bridgehead atoms. The SMILES string of the molecule is Nc1nc(Cl)nc(Nc2ccc(N=Nc3ccc(N=Nc4cc(S(=O)(=O)O)ccc4S(=O)(=O)O)c4c(S(=O)(=O)O)cccc34)c3cccc(S(=O)(=O)O)c23)n1. The van der Waals surface area contributed by atoms with Crippen LogP contribution in [0.1, 0.15) is 0 Å². The fourth-order valence-corrected chi connectivity index (χ4v) is 7.92. The summed E-state index contributed by atoms with van der Waals surface area (Å²) in [4.78, 5) is 8.47. The van der Waals surface area contributed by atoms with Gasteiger partial charge in [-0.25, -0.2) is 0 Å². The second kappa shape index (κ2) is 14.2. The van der Waals surface area contributed by atoms with Crippen LogP contribution in [0, 0.1) is 0 Å². The molecule has 0 aliphatic rings. The lowest BCUT2D eigenvalue weighted by molar-refractivity contribution is 0.478. The number of hydrogen-bond donors (Lipinski definition) is 6. The van der Waals surface area contributed by atoms with Crippen LogP contribution in [-0.2, 0) is 40.5 Å². The van der Waals surface area contributed by atoms with Crippen molar-refractivity contribution in [3.05, 3.63) is 84.1 Å². The smallest absolute Gasteiger partial charge is 0.296 e. The number of aromatic nitrogens is 3. The fourth-order valence-electron chi connectivity index (χ4n) is 5.20. The van der Waals surface area contributed by atoms with E-state index in [1.165, 1.54) is 42.5 Å². The number of nitrogen functional groups attached to an aromatic ring is 1. The Bertz CT molecular complexity index is 3090. The first-order chi connectivity index (χ1) is 25.6. The molecule has 5 aromatic carbocycles. The standard InChI is InChI=1S/C29H20ClN9O12S4/c30-27-33-28(31)35-29(34-27)32-19-10-8-17(15-3-1-5-23(25(15)19)54(46,47)48)36-37-18-9-11-20(26-16(18)4-2-6-24(26)55(49,50)51)38-39-21-13-14(52(40,41)42)7-12-22(21)53(43,44)45/h1-13H,(H,40,41,42)(H,43,44,45)(H,46,47,48)(H,49,50,51)(H3,31,32,33,34,35). The summed E-state index contributed by atoms with van der Waals surface area (Å²) < 4.78 is 136. The largest absolute Gasteiger partial charge is 0.368 e. The molecule has 0 spiro atoms. The average Bonchev–Trinajstić information content (AvgIpc) is 3.08. The van der Waals surface area contributed by atoms with Gasteiger partial charge in [0.2, 0.25) is 17.2 Å². The number of fused-ring (bicyclic) bond motifs is 2. The van der Waals surface area contributed by atoms with E-state index in [1.807, 2.05) is 0 Å². The minimum atomic E-state index is -5.03. The molecular weight excluding hydrogens is 830 g/mol. The molecule has 0 amide bonds. The van der Waals surface area contributed by atoms with Gasteiger partial charge in [-0.1, -0.05) is 24.3 Å². The summed E-state index contributed by atoms with van der Waals surface area (Å²) in [7, 11) is -19.8. The Hall–Kier alpha value is -5.64. The van der Waals surface area contributed by atoms with Gasteiger partial charge < -0.3 is 11.1 Å². The normalized spacial score (nSPS) is 13.0. The number of halogens is 1. The number of azo groups is 2. The molecule has 0 saturated heterocycles. The van der Waals surface area contributed by atoms with Crippen molar-refractivity contribution in [3.63, 3.8) is 0 Å². The number of benzene rings is 5. The van der Waals surface area contributed by atoms with Crippen LogP contribution < -0.4 is 11.1 Å². The minimum Gasteiger partial charge on any atom is -0.368 e. The van der Waals surface area contributed by atoms with Crippen molar-refractivity contribution in [2.75, 3.05) is 11.1 Å². The second-order valence-electron chi connectivity index (χ2n) is 10.9. The van der Waals surface area contributed by atoms with Crippen LogP contribution in [-0.4, -0.2) is 66.8 Å². The Morgan fingerprint density at radius 1 is 0.545 bits per heavy atom. The Morgan fingerprint density at radius 3 is 1.62 bits per heavy atom. The predicted octanol–water partition coefficient (Wildman–Crippen LogP) is 5.97. The summed E-state index contributed by atoms with van der Waals surface area (Å²) in [6.07, 6.45) is 0. The molecule has 0 unspecified atom stereocenters. The molecule has 0 aliphatic carbocycles. The monoisotopic (exact) mass is 849 g/mol. The highest BCUT2D eigenvalue weighted by molar-refractivity contribution is 7.87. The van der Waals surface area contributed by atoms with Crippen molar-refractivity contribution >= 4 is 114 Å². The van der Waals surface area contributed by atoms with E-state index in [2.05, 4.69) is 40.7 Å². The summed E-state index contributed by atoms with van der Waals surface area (Å²) in [5, 5.41) is 18.2. The summed E-state index contributed by atoms with van der Waals surface area (Å²) in [5.74, 6) is -0.421. The van der Waals surface area contributed by atoms with Crippen LogP contribution in [0.5, 0.6) is 0 Å². The zero-order chi connectivity index (χ0) is 40.1. The van der Waals surface area contributed by atoms with Gasteiger partial charge in [0.15, 0.2) is 0 Å². The van der Waals surface area contributed by atoms with E-state index in [0.29, 0.717) is 18.2 Å². The van der Waals surface area contributed by atoms with Crippen molar-refractivity contribution in [1.82, 2.24) is 15.0 Å². The third-order valence-corrected chi connectivity index (χ3v) is 11.1. The Morgan fingerprint density at radius 2 is 1.05 bits per heavy atom.